The average molecular weight is 242 g/mol. The van der Waals surface area contributed by atoms with Crippen LogP contribution in [0.5, 0.6) is 0 Å². The molecule has 0 radical (unpaired) electrons. The van der Waals surface area contributed by atoms with Gasteiger partial charge in [0.1, 0.15) is 5.41 Å². The SMILES string of the molecule is CCCC(C)C1(C)C(=O)NC(=S)N(C)C1=O. The topological polar surface area (TPSA) is 49.4 Å². The highest BCUT2D eigenvalue weighted by Crippen LogP contribution is 2.35. The van der Waals surface area contributed by atoms with Gasteiger partial charge in [0.2, 0.25) is 11.8 Å². The Morgan fingerprint density at radius 3 is 2.56 bits per heavy atom. The number of carbonyl (C=O) groups is 2. The highest BCUT2D eigenvalue weighted by molar-refractivity contribution is 7.80. The van der Waals surface area contributed by atoms with E-state index in [2.05, 4.69) is 5.32 Å². The molecule has 2 unspecified atom stereocenters. The van der Waals surface area contributed by atoms with E-state index in [0.29, 0.717) is 0 Å². The molecule has 5 heteroatoms. The Hall–Kier alpha value is -0.970. The van der Waals surface area contributed by atoms with E-state index in [1.807, 2.05) is 13.8 Å². The van der Waals surface area contributed by atoms with Gasteiger partial charge in [-0.05, 0) is 31.5 Å². The summed E-state index contributed by atoms with van der Waals surface area (Å²) >= 11 is 4.91. The quantitative estimate of drug-likeness (QED) is 0.599. The predicted molar refractivity (Wildman–Crippen MR) is 65.7 cm³/mol. The van der Waals surface area contributed by atoms with Crippen molar-refractivity contribution >= 4 is 29.1 Å². The molecule has 2 atom stereocenters. The largest absolute Gasteiger partial charge is 0.302 e. The molecule has 0 aromatic carbocycles. The van der Waals surface area contributed by atoms with Crippen LogP contribution in [0.4, 0.5) is 0 Å². The Bertz CT molecular complexity index is 343. The van der Waals surface area contributed by atoms with Gasteiger partial charge in [-0.15, -0.1) is 0 Å². The number of carbonyl (C=O) groups excluding carboxylic acids is 2. The van der Waals surface area contributed by atoms with Gasteiger partial charge in [0, 0.05) is 7.05 Å². The van der Waals surface area contributed by atoms with Crippen LogP contribution in [-0.4, -0.2) is 28.9 Å². The molecule has 16 heavy (non-hydrogen) atoms. The Balaban J connectivity index is 3.05. The Kier molecular flexibility index (Phi) is 3.68. The number of nitrogens with one attached hydrogen (secondary N) is 1. The summed E-state index contributed by atoms with van der Waals surface area (Å²) in [6, 6.07) is 0. The van der Waals surface area contributed by atoms with Gasteiger partial charge >= 0.3 is 0 Å². The molecular formula is C11H18N2O2S. The first kappa shape index (κ1) is 13.1. The molecule has 1 aliphatic rings. The first-order valence-corrected chi connectivity index (χ1v) is 5.90. The van der Waals surface area contributed by atoms with Crippen molar-refractivity contribution in [1.82, 2.24) is 10.2 Å². The molecule has 2 amide bonds. The second-order valence-electron chi connectivity index (χ2n) is 4.52. The smallest absolute Gasteiger partial charge is 0.244 e. The maximum Gasteiger partial charge on any atom is 0.244 e. The Morgan fingerprint density at radius 1 is 1.50 bits per heavy atom. The van der Waals surface area contributed by atoms with E-state index in [4.69, 9.17) is 12.2 Å². The van der Waals surface area contributed by atoms with E-state index < -0.39 is 5.41 Å². The molecule has 0 bridgehead atoms. The number of nitrogens with zero attached hydrogens (tertiary/aromatic N) is 1. The third kappa shape index (κ3) is 1.84. The zero-order valence-corrected chi connectivity index (χ0v) is 11.0. The van der Waals surface area contributed by atoms with Gasteiger partial charge in [-0.25, -0.2) is 0 Å². The van der Waals surface area contributed by atoms with Gasteiger partial charge in [0.25, 0.3) is 0 Å². The maximum absolute atomic E-state index is 12.2. The third-order valence-corrected chi connectivity index (χ3v) is 3.83. The van der Waals surface area contributed by atoms with Crippen molar-refractivity contribution in [2.75, 3.05) is 7.05 Å². The summed E-state index contributed by atoms with van der Waals surface area (Å²) < 4.78 is 0. The normalized spacial score (nSPS) is 28.0. The van der Waals surface area contributed by atoms with Gasteiger partial charge in [0.15, 0.2) is 5.11 Å². The van der Waals surface area contributed by atoms with E-state index in [1.165, 1.54) is 4.90 Å². The second-order valence-corrected chi connectivity index (χ2v) is 4.90. The fraction of sp³-hybridized carbons (Fsp3) is 0.727. The van der Waals surface area contributed by atoms with E-state index in [9.17, 15) is 9.59 Å². The molecule has 0 aromatic rings. The number of hydrogen-bond donors (Lipinski definition) is 1. The fourth-order valence-electron chi connectivity index (χ4n) is 2.00. The molecule has 4 nitrogen and oxygen atoms in total. The molecule has 1 rings (SSSR count). The monoisotopic (exact) mass is 242 g/mol. The van der Waals surface area contributed by atoms with Crippen molar-refractivity contribution in [1.29, 1.82) is 0 Å². The lowest BCUT2D eigenvalue weighted by Crippen LogP contribution is -2.63. The summed E-state index contributed by atoms with van der Waals surface area (Å²) in [6.45, 7) is 5.67. The zero-order valence-electron chi connectivity index (χ0n) is 10.2. The van der Waals surface area contributed by atoms with Crippen molar-refractivity contribution in [3.05, 3.63) is 0 Å². The van der Waals surface area contributed by atoms with Crippen molar-refractivity contribution in [2.24, 2.45) is 11.3 Å². The van der Waals surface area contributed by atoms with E-state index in [1.54, 1.807) is 14.0 Å². The molecule has 0 saturated carbocycles. The molecule has 1 aliphatic heterocycles. The zero-order chi connectivity index (χ0) is 12.5. The average Bonchev–Trinajstić information content (AvgIpc) is 2.24. The minimum Gasteiger partial charge on any atom is -0.302 e. The third-order valence-electron chi connectivity index (χ3n) is 3.45. The number of rotatable bonds is 3. The predicted octanol–water partition coefficient (Wildman–Crippen LogP) is 1.30. The van der Waals surface area contributed by atoms with Gasteiger partial charge in [-0.2, -0.15) is 0 Å². The van der Waals surface area contributed by atoms with Crippen LogP contribution in [0.1, 0.15) is 33.6 Å². The van der Waals surface area contributed by atoms with E-state index in [-0.39, 0.29) is 22.8 Å². The van der Waals surface area contributed by atoms with Crippen LogP contribution in [0.15, 0.2) is 0 Å². The lowest BCUT2D eigenvalue weighted by molar-refractivity contribution is -0.151. The standard InChI is InChI=1S/C11H18N2O2S/c1-5-6-7(2)11(3)8(14)12-10(16)13(4)9(11)15/h7H,5-6H2,1-4H3,(H,12,14,16). The van der Waals surface area contributed by atoms with Crippen molar-refractivity contribution in [3.63, 3.8) is 0 Å². The first-order chi connectivity index (χ1) is 7.35. The Morgan fingerprint density at radius 2 is 2.06 bits per heavy atom. The van der Waals surface area contributed by atoms with Crippen LogP contribution in [-0.2, 0) is 9.59 Å². The van der Waals surface area contributed by atoms with Crippen LogP contribution in [0.3, 0.4) is 0 Å². The summed E-state index contributed by atoms with van der Waals surface area (Å²) in [6.07, 6.45) is 1.79. The number of thiocarbonyl (C=S) groups is 1. The maximum atomic E-state index is 12.2. The molecule has 90 valence electrons. The van der Waals surface area contributed by atoms with Crippen LogP contribution >= 0.6 is 12.2 Å². The Labute approximate surface area is 101 Å². The van der Waals surface area contributed by atoms with Crippen LogP contribution < -0.4 is 5.32 Å². The fourth-order valence-corrected chi connectivity index (χ4v) is 2.18. The van der Waals surface area contributed by atoms with Crippen LogP contribution in [0.25, 0.3) is 0 Å². The van der Waals surface area contributed by atoms with Gasteiger partial charge < -0.3 is 5.32 Å². The van der Waals surface area contributed by atoms with Gasteiger partial charge in [-0.1, -0.05) is 20.3 Å². The minimum absolute atomic E-state index is 0.00977. The van der Waals surface area contributed by atoms with Crippen molar-refractivity contribution in [2.45, 2.75) is 33.6 Å². The van der Waals surface area contributed by atoms with E-state index >= 15 is 0 Å². The van der Waals surface area contributed by atoms with Crippen molar-refractivity contribution in [3.8, 4) is 0 Å². The lowest BCUT2D eigenvalue weighted by atomic mass is 9.73. The molecule has 1 saturated heterocycles. The summed E-state index contributed by atoms with van der Waals surface area (Å²) in [5, 5.41) is 2.78. The summed E-state index contributed by atoms with van der Waals surface area (Å²) in [5.74, 6) is -0.473. The van der Waals surface area contributed by atoms with Crippen molar-refractivity contribution < 1.29 is 9.59 Å². The highest BCUT2D eigenvalue weighted by atomic mass is 32.1. The van der Waals surface area contributed by atoms with Gasteiger partial charge in [0.05, 0.1) is 0 Å². The summed E-state index contributed by atoms with van der Waals surface area (Å²) in [7, 11) is 1.60. The lowest BCUT2D eigenvalue weighted by Gasteiger charge is -2.40. The summed E-state index contributed by atoms with van der Waals surface area (Å²) in [5.41, 5.74) is -0.993. The number of hydrogen-bond acceptors (Lipinski definition) is 3. The molecule has 0 aromatic heterocycles. The molecule has 0 aliphatic carbocycles. The summed E-state index contributed by atoms with van der Waals surface area (Å²) in [4.78, 5) is 25.5. The molecule has 1 N–H and O–H groups in total. The van der Waals surface area contributed by atoms with Crippen LogP contribution in [0, 0.1) is 11.3 Å². The minimum atomic E-state index is -0.993. The molecule has 0 spiro atoms. The van der Waals surface area contributed by atoms with Crippen LogP contribution in [0.2, 0.25) is 0 Å². The van der Waals surface area contributed by atoms with Gasteiger partial charge in [-0.3, -0.25) is 14.5 Å². The molecular weight excluding hydrogens is 224 g/mol. The first-order valence-electron chi connectivity index (χ1n) is 5.49. The highest BCUT2D eigenvalue weighted by Gasteiger charge is 2.51. The number of amides is 2. The molecule has 1 heterocycles. The van der Waals surface area contributed by atoms with E-state index in [0.717, 1.165) is 12.8 Å². The second kappa shape index (κ2) is 4.49. The molecule has 1 fully saturated rings.